The molecule has 0 unspecified atom stereocenters. The molecule has 0 saturated carbocycles. The highest BCUT2D eigenvalue weighted by Crippen LogP contribution is 2.21. The molecule has 1 fully saturated rings. The molecule has 1 heterocycles. The number of rotatable bonds is 7. The number of hydrogen-bond acceptors (Lipinski definition) is 5. The minimum absolute atomic E-state index is 0.169. The van der Waals surface area contributed by atoms with Gasteiger partial charge in [0.1, 0.15) is 5.75 Å². The van der Waals surface area contributed by atoms with Crippen LogP contribution in [-0.4, -0.2) is 52.0 Å². The molecule has 0 bridgehead atoms. The van der Waals surface area contributed by atoms with E-state index in [0.29, 0.717) is 44.8 Å². The van der Waals surface area contributed by atoms with Gasteiger partial charge in [-0.25, -0.2) is 8.42 Å². The highest BCUT2D eigenvalue weighted by molar-refractivity contribution is 7.89. The number of sulfonamides is 1. The number of anilines is 1. The van der Waals surface area contributed by atoms with Crippen LogP contribution in [0.15, 0.2) is 53.4 Å². The summed E-state index contributed by atoms with van der Waals surface area (Å²) in [6.45, 7) is 1.45. The maximum absolute atomic E-state index is 12.7. The molecular weight excluding hydrogens is 380 g/mol. The summed E-state index contributed by atoms with van der Waals surface area (Å²) in [4.78, 5) is 12.4. The summed E-state index contributed by atoms with van der Waals surface area (Å²) in [6, 6.07) is 13.9. The minimum atomic E-state index is -3.59. The van der Waals surface area contributed by atoms with Crippen LogP contribution in [0.1, 0.15) is 12.0 Å². The number of hydrogen-bond donors (Lipinski definition) is 1. The van der Waals surface area contributed by atoms with Crippen molar-refractivity contribution in [2.24, 2.45) is 0 Å². The number of nitrogens with one attached hydrogen (secondary N) is 1. The van der Waals surface area contributed by atoms with E-state index >= 15 is 0 Å². The molecule has 0 aliphatic carbocycles. The number of methoxy groups -OCH3 is 1. The van der Waals surface area contributed by atoms with Crippen LogP contribution in [0.4, 0.5) is 5.69 Å². The van der Waals surface area contributed by atoms with Gasteiger partial charge in [-0.05, 0) is 42.3 Å². The Morgan fingerprint density at radius 1 is 1.14 bits per heavy atom. The topological polar surface area (TPSA) is 84.9 Å². The van der Waals surface area contributed by atoms with Gasteiger partial charge < -0.3 is 14.8 Å². The van der Waals surface area contributed by atoms with Crippen molar-refractivity contribution >= 4 is 21.6 Å². The van der Waals surface area contributed by atoms with Crippen LogP contribution >= 0.6 is 0 Å². The Labute approximate surface area is 165 Å². The van der Waals surface area contributed by atoms with Gasteiger partial charge in [0.25, 0.3) is 0 Å². The minimum Gasteiger partial charge on any atom is -0.497 e. The summed E-state index contributed by atoms with van der Waals surface area (Å²) in [5, 5.41) is 2.78. The molecule has 150 valence electrons. The Morgan fingerprint density at radius 3 is 2.54 bits per heavy atom. The van der Waals surface area contributed by atoms with Gasteiger partial charge >= 0.3 is 0 Å². The maximum atomic E-state index is 12.7. The number of carbonyl (C=O) groups is 1. The molecule has 1 aliphatic heterocycles. The molecule has 8 heteroatoms. The standard InChI is InChI=1S/C20H24N2O5S/c1-26-18-8-5-16(6-9-18)7-10-20(23)21-17-3-2-4-19(15-17)28(24,25)22-11-13-27-14-12-22/h2-6,8-9,15H,7,10-14H2,1H3,(H,21,23). The van der Waals surface area contributed by atoms with E-state index < -0.39 is 10.0 Å². The smallest absolute Gasteiger partial charge is 0.243 e. The summed E-state index contributed by atoms with van der Waals surface area (Å²) in [6.07, 6.45) is 0.883. The second-order valence-electron chi connectivity index (χ2n) is 6.44. The lowest BCUT2D eigenvalue weighted by Gasteiger charge is -2.26. The molecule has 0 radical (unpaired) electrons. The second-order valence-corrected chi connectivity index (χ2v) is 8.38. The number of amides is 1. The van der Waals surface area contributed by atoms with Gasteiger partial charge in [-0.3, -0.25) is 4.79 Å². The van der Waals surface area contributed by atoms with E-state index in [0.717, 1.165) is 11.3 Å². The summed E-state index contributed by atoms with van der Waals surface area (Å²) < 4.78 is 37.2. The van der Waals surface area contributed by atoms with Crippen molar-refractivity contribution in [3.05, 3.63) is 54.1 Å². The van der Waals surface area contributed by atoms with Crippen LogP contribution in [0.3, 0.4) is 0 Å². The SMILES string of the molecule is COc1ccc(CCC(=O)Nc2cccc(S(=O)(=O)N3CCOCC3)c2)cc1. The highest BCUT2D eigenvalue weighted by atomic mass is 32.2. The van der Waals surface area contributed by atoms with Gasteiger partial charge in [0.2, 0.25) is 15.9 Å². The monoisotopic (exact) mass is 404 g/mol. The zero-order valence-corrected chi connectivity index (χ0v) is 16.6. The average Bonchev–Trinajstić information content (AvgIpc) is 2.73. The van der Waals surface area contributed by atoms with Crippen molar-refractivity contribution in [1.82, 2.24) is 4.31 Å². The fourth-order valence-electron chi connectivity index (χ4n) is 2.94. The predicted octanol–water partition coefficient (Wildman–Crippen LogP) is 2.29. The number of benzene rings is 2. The molecule has 1 amide bonds. The van der Waals surface area contributed by atoms with E-state index in [-0.39, 0.29) is 10.8 Å². The molecule has 2 aromatic carbocycles. The molecule has 7 nitrogen and oxygen atoms in total. The normalized spacial score (nSPS) is 15.2. The molecule has 1 aliphatic rings. The zero-order chi connectivity index (χ0) is 20.0. The number of nitrogens with zero attached hydrogens (tertiary/aromatic N) is 1. The molecule has 1 saturated heterocycles. The largest absolute Gasteiger partial charge is 0.497 e. The third-order valence-electron chi connectivity index (χ3n) is 4.53. The summed E-state index contributed by atoms with van der Waals surface area (Å²) in [5.41, 5.74) is 1.49. The maximum Gasteiger partial charge on any atom is 0.243 e. The first kappa shape index (κ1) is 20.3. The molecule has 3 rings (SSSR count). The van der Waals surface area contributed by atoms with Gasteiger partial charge in [0.05, 0.1) is 25.2 Å². The van der Waals surface area contributed by atoms with Crippen LogP contribution in [-0.2, 0) is 26.0 Å². The van der Waals surface area contributed by atoms with Crippen molar-refractivity contribution in [3.8, 4) is 5.75 Å². The highest BCUT2D eigenvalue weighted by Gasteiger charge is 2.26. The Hall–Kier alpha value is -2.42. The fraction of sp³-hybridized carbons (Fsp3) is 0.350. The molecule has 2 aromatic rings. The Balaban J connectivity index is 1.61. The Bertz CT molecular complexity index is 906. The van der Waals surface area contributed by atoms with E-state index in [9.17, 15) is 13.2 Å². The van der Waals surface area contributed by atoms with Crippen molar-refractivity contribution < 1.29 is 22.7 Å². The first-order chi connectivity index (χ1) is 13.5. The third kappa shape index (κ3) is 5.09. The first-order valence-corrected chi connectivity index (χ1v) is 10.5. The number of carbonyl (C=O) groups excluding carboxylic acids is 1. The van der Waals surface area contributed by atoms with Crippen LogP contribution in [0.2, 0.25) is 0 Å². The molecule has 28 heavy (non-hydrogen) atoms. The first-order valence-electron chi connectivity index (χ1n) is 9.10. The van der Waals surface area contributed by atoms with Crippen LogP contribution in [0, 0.1) is 0 Å². The second kappa shape index (κ2) is 9.18. The molecule has 0 atom stereocenters. The van der Waals surface area contributed by atoms with Crippen molar-refractivity contribution in [1.29, 1.82) is 0 Å². The molecule has 1 N–H and O–H groups in total. The van der Waals surface area contributed by atoms with Crippen LogP contribution in [0.5, 0.6) is 5.75 Å². The lowest BCUT2D eigenvalue weighted by molar-refractivity contribution is -0.116. The number of ether oxygens (including phenoxy) is 2. The predicted molar refractivity (Wildman–Crippen MR) is 106 cm³/mol. The van der Waals surface area contributed by atoms with E-state index in [1.54, 1.807) is 19.2 Å². The lowest BCUT2D eigenvalue weighted by Crippen LogP contribution is -2.40. The van der Waals surface area contributed by atoms with Gasteiger partial charge in [0, 0.05) is 25.2 Å². The van der Waals surface area contributed by atoms with Crippen molar-refractivity contribution in [2.45, 2.75) is 17.7 Å². The third-order valence-corrected chi connectivity index (χ3v) is 6.42. The Kier molecular flexibility index (Phi) is 6.66. The van der Waals surface area contributed by atoms with Crippen LogP contribution < -0.4 is 10.1 Å². The van der Waals surface area contributed by atoms with E-state index in [1.165, 1.54) is 16.4 Å². The van der Waals surface area contributed by atoms with Gasteiger partial charge in [-0.1, -0.05) is 18.2 Å². The molecule has 0 aromatic heterocycles. The summed E-state index contributed by atoms with van der Waals surface area (Å²) in [7, 11) is -1.99. The Morgan fingerprint density at radius 2 is 1.86 bits per heavy atom. The summed E-state index contributed by atoms with van der Waals surface area (Å²) >= 11 is 0. The van der Waals surface area contributed by atoms with Crippen molar-refractivity contribution in [3.63, 3.8) is 0 Å². The summed E-state index contributed by atoms with van der Waals surface area (Å²) in [5.74, 6) is 0.600. The van der Waals surface area contributed by atoms with E-state index in [2.05, 4.69) is 5.32 Å². The average molecular weight is 404 g/mol. The molecular formula is C20H24N2O5S. The quantitative estimate of drug-likeness (QED) is 0.765. The van der Waals surface area contributed by atoms with Gasteiger partial charge in [-0.2, -0.15) is 4.31 Å². The number of aryl methyl sites for hydroxylation is 1. The zero-order valence-electron chi connectivity index (χ0n) is 15.8. The van der Waals surface area contributed by atoms with E-state index in [4.69, 9.17) is 9.47 Å². The van der Waals surface area contributed by atoms with Gasteiger partial charge in [0.15, 0.2) is 0 Å². The van der Waals surface area contributed by atoms with Crippen molar-refractivity contribution in [2.75, 3.05) is 38.7 Å². The van der Waals surface area contributed by atoms with Gasteiger partial charge in [-0.15, -0.1) is 0 Å². The lowest BCUT2D eigenvalue weighted by atomic mass is 10.1. The van der Waals surface area contributed by atoms with E-state index in [1.807, 2.05) is 24.3 Å². The molecule has 0 spiro atoms. The fourth-order valence-corrected chi connectivity index (χ4v) is 4.40. The number of morpholine rings is 1. The van der Waals surface area contributed by atoms with Crippen LogP contribution in [0.25, 0.3) is 0 Å².